The van der Waals surface area contributed by atoms with E-state index in [1.165, 1.54) is 0 Å². The van der Waals surface area contributed by atoms with E-state index in [0.29, 0.717) is 6.29 Å². The lowest BCUT2D eigenvalue weighted by atomic mass is 9.92. The molecular weight excluding hydrogens is 596 g/mol. The van der Waals surface area contributed by atoms with Gasteiger partial charge >= 0.3 is 17.9 Å². The zero-order valence-corrected chi connectivity index (χ0v) is 22.8. The Morgan fingerprint density at radius 2 is 0.967 bits per heavy atom. The number of carbonyl (C=O) groups is 4. The zero-order valence-electron chi connectivity index (χ0n) is 18.0. The molecular formula is C19H29Br3O8. The topological polar surface area (TPSA) is 105 Å². The highest BCUT2D eigenvalue weighted by Crippen LogP contribution is 2.27. The molecule has 0 rings (SSSR count). The first-order chi connectivity index (χ1) is 13.4. The van der Waals surface area contributed by atoms with Crippen LogP contribution in [0.15, 0.2) is 0 Å². The molecule has 0 heterocycles. The maximum absolute atomic E-state index is 12.2. The highest BCUT2D eigenvalue weighted by atomic mass is 79.9. The highest BCUT2D eigenvalue weighted by molar-refractivity contribution is 9.10. The van der Waals surface area contributed by atoms with Crippen LogP contribution in [-0.4, -0.2) is 70.2 Å². The molecule has 0 radical (unpaired) electrons. The van der Waals surface area contributed by atoms with Crippen LogP contribution in [-0.2, 0) is 38.1 Å². The molecule has 0 aromatic carbocycles. The van der Waals surface area contributed by atoms with Crippen molar-refractivity contribution in [1.29, 1.82) is 0 Å². The van der Waals surface area contributed by atoms with Crippen LogP contribution in [0, 0.1) is 5.41 Å². The largest absolute Gasteiger partial charge is 0.464 e. The number of alkyl halides is 3. The quantitative estimate of drug-likeness (QED) is 0.101. The number of rotatable bonds is 13. The lowest BCUT2D eigenvalue weighted by molar-refractivity contribution is -0.169. The van der Waals surface area contributed by atoms with E-state index in [1.54, 1.807) is 41.5 Å². The molecule has 174 valence electrons. The second-order valence-electron chi connectivity index (χ2n) is 8.33. The molecule has 0 unspecified atom stereocenters. The second-order valence-corrected chi connectivity index (χ2v) is 14.3. The van der Waals surface area contributed by atoms with Crippen LogP contribution in [0.4, 0.5) is 0 Å². The van der Waals surface area contributed by atoms with E-state index in [-0.39, 0.29) is 33.0 Å². The Morgan fingerprint density at radius 3 is 1.20 bits per heavy atom. The Bertz CT molecular complexity index is 541. The molecule has 0 aliphatic rings. The van der Waals surface area contributed by atoms with Crippen LogP contribution in [0.3, 0.4) is 0 Å². The monoisotopic (exact) mass is 622 g/mol. The number of hydrogen-bond donors (Lipinski definition) is 0. The van der Waals surface area contributed by atoms with E-state index in [0.717, 1.165) is 0 Å². The number of halogens is 3. The summed E-state index contributed by atoms with van der Waals surface area (Å²) in [6.45, 7) is 8.47. The van der Waals surface area contributed by atoms with Crippen LogP contribution in [0.1, 0.15) is 41.5 Å². The summed E-state index contributed by atoms with van der Waals surface area (Å²) in [5.41, 5.74) is -1.22. The van der Waals surface area contributed by atoms with Gasteiger partial charge in [-0.2, -0.15) is 0 Å². The van der Waals surface area contributed by atoms with Crippen molar-refractivity contribution in [3.63, 3.8) is 0 Å². The average molecular weight is 625 g/mol. The Hall–Kier alpha value is -0.520. The normalized spacial score (nSPS) is 12.8. The summed E-state index contributed by atoms with van der Waals surface area (Å²) in [4.78, 5) is 47.4. The fourth-order valence-corrected chi connectivity index (χ4v) is 2.09. The van der Waals surface area contributed by atoms with Crippen LogP contribution in [0.2, 0.25) is 0 Å². The van der Waals surface area contributed by atoms with E-state index in [1.807, 2.05) is 0 Å². The molecule has 0 saturated carbocycles. The number of aldehydes is 1. The van der Waals surface area contributed by atoms with Gasteiger partial charge in [0.1, 0.15) is 45.7 Å². The molecule has 0 saturated heterocycles. The van der Waals surface area contributed by atoms with Gasteiger partial charge in [-0.05, 0) is 41.5 Å². The number of ether oxygens (including phenoxy) is 4. The van der Waals surface area contributed by atoms with Crippen molar-refractivity contribution in [3.8, 4) is 0 Å². The number of carbonyl (C=O) groups excluding carboxylic acids is 4. The molecule has 0 atom stereocenters. The third-order valence-electron chi connectivity index (χ3n) is 3.58. The summed E-state index contributed by atoms with van der Waals surface area (Å²) in [5.74, 6) is -1.70. The molecule has 0 N–H and O–H groups in total. The van der Waals surface area contributed by atoms with Crippen LogP contribution in [0.25, 0.3) is 0 Å². The zero-order chi connectivity index (χ0) is 23.8. The fourth-order valence-electron chi connectivity index (χ4n) is 1.74. The lowest BCUT2D eigenvalue weighted by Gasteiger charge is -2.33. The molecule has 0 amide bonds. The van der Waals surface area contributed by atoms with E-state index in [2.05, 4.69) is 47.8 Å². The lowest BCUT2D eigenvalue weighted by Crippen LogP contribution is -2.46. The minimum atomic E-state index is -1.22. The second kappa shape index (κ2) is 11.9. The third-order valence-corrected chi connectivity index (χ3v) is 4.55. The third kappa shape index (κ3) is 11.2. The summed E-state index contributed by atoms with van der Waals surface area (Å²) in [5, 5.41) is 0. The van der Waals surface area contributed by atoms with Crippen LogP contribution >= 0.6 is 47.8 Å². The predicted molar refractivity (Wildman–Crippen MR) is 121 cm³/mol. The van der Waals surface area contributed by atoms with Gasteiger partial charge in [-0.25, -0.2) is 0 Å². The van der Waals surface area contributed by atoms with Gasteiger partial charge in [0.05, 0.1) is 12.0 Å². The number of esters is 3. The van der Waals surface area contributed by atoms with Gasteiger partial charge in [-0.15, -0.1) is 0 Å². The molecule has 0 spiro atoms. The maximum Gasteiger partial charge on any atom is 0.322 e. The minimum Gasteiger partial charge on any atom is -0.464 e. The standard InChI is InChI=1S/C19H29Br3O8/c1-16(2,20)13(24)28-10-19(9-27-8-7-23,11-29-14(25)17(3,4)21)12-30-15(26)18(5,6)22/h7H,8-12H2,1-6H3. The van der Waals surface area contributed by atoms with Crippen LogP contribution in [0.5, 0.6) is 0 Å². The summed E-state index contributed by atoms with van der Waals surface area (Å²) >= 11 is 9.65. The van der Waals surface area contributed by atoms with Crippen molar-refractivity contribution in [3.05, 3.63) is 0 Å². The first-order valence-electron chi connectivity index (χ1n) is 9.04. The van der Waals surface area contributed by atoms with E-state index >= 15 is 0 Å². The Kier molecular flexibility index (Phi) is 11.7. The molecule has 11 heteroatoms. The Labute approximate surface area is 202 Å². The van der Waals surface area contributed by atoms with E-state index in [4.69, 9.17) is 18.9 Å². The van der Waals surface area contributed by atoms with Crippen molar-refractivity contribution in [2.75, 3.05) is 33.0 Å². The van der Waals surface area contributed by atoms with Gasteiger partial charge < -0.3 is 23.7 Å². The van der Waals surface area contributed by atoms with Crippen molar-refractivity contribution in [1.82, 2.24) is 0 Å². The van der Waals surface area contributed by atoms with Gasteiger partial charge in [0, 0.05) is 0 Å². The van der Waals surface area contributed by atoms with Gasteiger partial charge in [-0.1, -0.05) is 47.8 Å². The molecule has 0 aliphatic heterocycles. The first-order valence-corrected chi connectivity index (χ1v) is 11.4. The van der Waals surface area contributed by atoms with Crippen molar-refractivity contribution < 1.29 is 38.1 Å². The molecule has 0 aromatic heterocycles. The summed E-state index contributed by atoms with van der Waals surface area (Å²) in [7, 11) is 0. The van der Waals surface area contributed by atoms with Gasteiger partial charge in [0.25, 0.3) is 0 Å². The van der Waals surface area contributed by atoms with Crippen molar-refractivity contribution >= 4 is 72.0 Å². The minimum absolute atomic E-state index is 0.159. The molecule has 0 fully saturated rings. The van der Waals surface area contributed by atoms with Gasteiger partial charge in [-0.3, -0.25) is 14.4 Å². The first kappa shape index (κ1) is 29.5. The predicted octanol–water partition coefficient (Wildman–Crippen LogP) is 3.34. The average Bonchev–Trinajstić information content (AvgIpc) is 2.59. The summed E-state index contributed by atoms with van der Waals surface area (Å²) < 4.78 is 18.6. The van der Waals surface area contributed by atoms with Crippen molar-refractivity contribution in [2.45, 2.75) is 54.5 Å². The summed E-state index contributed by atoms with van der Waals surface area (Å²) in [6.07, 6.45) is 0.555. The SMILES string of the molecule is CC(C)(Br)C(=O)OCC(COCC=O)(COC(=O)C(C)(C)Br)COC(=O)C(C)(C)Br. The van der Waals surface area contributed by atoms with Gasteiger partial charge in [0.15, 0.2) is 0 Å². The molecule has 30 heavy (non-hydrogen) atoms. The fraction of sp³-hybridized carbons (Fsp3) is 0.789. The Balaban J connectivity index is 5.67. The van der Waals surface area contributed by atoms with Gasteiger partial charge in [0.2, 0.25) is 0 Å². The smallest absolute Gasteiger partial charge is 0.322 e. The Morgan fingerprint density at radius 1 is 0.667 bits per heavy atom. The molecule has 0 aromatic rings. The van der Waals surface area contributed by atoms with Crippen LogP contribution < -0.4 is 0 Å². The maximum atomic E-state index is 12.2. The highest BCUT2D eigenvalue weighted by Gasteiger charge is 2.40. The summed E-state index contributed by atoms with van der Waals surface area (Å²) in [6, 6.07) is 0. The molecule has 8 nitrogen and oxygen atoms in total. The molecule has 0 bridgehead atoms. The number of hydrogen-bond acceptors (Lipinski definition) is 8. The van der Waals surface area contributed by atoms with E-state index < -0.39 is 36.3 Å². The van der Waals surface area contributed by atoms with E-state index in [9.17, 15) is 19.2 Å². The molecule has 0 aliphatic carbocycles. The van der Waals surface area contributed by atoms with Crippen molar-refractivity contribution in [2.24, 2.45) is 5.41 Å².